The van der Waals surface area contributed by atoms with Gasteiger partial charge in [0.15, 0.2) is 11.3 Å². The molecule has 0 amide bonds. The first-order valence-electron chi connectivity index (χ1n) is 9.94. The normalized spacial score (nSPS) is 19.5. The van der Waals surface area contributed by atoms with E-state index >= 15 is 0 Å². The fourth-order valence-electron chi connectivity index (χ4n) is 4.18. The van der Waals surface area contributed by atoms with Gasteiger partial charge in [-0.2, -0.15) is 5.10 Å². The lowest BCUT2D eigenvalue weighted by molar-refractivity contribution is 0.314. The number of hydrogen-bond donors (Lipinski definition) is 1. The second-order valence-electron chi connectivity index (χ2n) is 7.83. The number of likely N-dealkylation sites (tertiary alicyclic amines) is 1. The number of nitrogens with one attached hydrogen (secondary N) is 1. The van der Waals surface area contributed by atoms with Gasteiger partial charge in [-0.1, -0.05) is 25.1 Å². The quantitative estimate of drug-likeness (QED) is 0.566. The Morgan fingerprint density at radius 3 is 2.87 bits per heavy atom. The van der Waals surface area contributed by atoms with E-state index < -0.39 is 0 Å². The van der Waals surface area contributed by atoms with Crippen LogP contribution in [-0.2, 0) is 6.54 Å². The summed E-state index contributed by atoms with van der Waals surface area (Å²) >= 11 is 0. The molecule has 0 radical (unpaired) electrons. The number of hydrogen-bond acceptors (Lipinski definition) is 5. The van der Waals surface area contributed by atoms with Crippen molar-refractivity contribution in [1.29, 1.82) is 0 Å². The summed E-state index contributed by atoms with van der Waals surface area (Å²) in [5.41, 5.74) is 1.69. The van der Waals surface area contributed by atoms with Gasteiger partial charge in [-0.05, 0) is 30.2 Å². The third kappa shape index (κ3) is 3.39. The van der Waals surface area contributed by atoms with Crippen LogP contribution in [0.4, 0.5) is 4.39 Å². The molecule has 4 aromatic rings. The van der Waals surface area contributed by atoms with Crippen LogP contribution in [0.5, 0.6) is 0 Å². The maximum Gasteiger partial charge on any atom is 0.276 e. The van der Waals surface area contributed by atoms with E-state index in [2.05, 4.69) is 26.8 Å². The Labute approximate surface area is 172 Å². The predicted molar refractivity (Wildman–Crippen MR) is 110 cm³/mol. The zero-order valence-corrected chi connectivity index (χ0v) is 16.5. The number of aromatic nitrogens is 5. The fraction of sp³-hybridized carbons (Fsp3) is 0.273. The number of halogens is 1. The smallest absolute Gasteiger partial charge is 0.276 e. The molecule has 1 aliphatic heterocycles. The Balaban J connectivity index is 1.48. The van der Waals surface area contributed by atoms with Gasteiger partial charge in [0, 0.05) is 37.3 Å². The van der Waals surface area contributed by atoms with Gasteiger partial charge in [0.1, 0.15) is 11.6 Å². The third-order valence-electron chi connectivity index (χ3n) is 5.65. The lowest BCUT2D eigenvalue weighted by atomic mass is 9.97. The van der Waals surface area contributed by atoms with E-state index in [-0.39, 0.29) is 17.3 Å². The molecule has 0 saturated carbocycles. The summed E-state index contributed by atoms with van der Waals surface area (Å²) in [4.78, 5) is 26.7. The Morgan fingerprint density at radius 2 is 2.07 bits per heavy atom. The van der Waals surface area contributed by atoms with Crippen LogP contribution in [-0.4, -0.2) is 42.6 Å². The van der Waals surface area contributed by atoms with Crippen LogP contribution in [0.25, 0.3) is 16.9 Å². The maximum atomic E-state index is 13.7. The van der Waals surface area contributed by atoms with E-state index in [0.29, 0.717) is 28.6 Å². The van der Waals surface area contributed by atoms with Crippen molar-refractivity contribution in [3.05, 3.63) is 82.5 Å². The monoisotopic (exact) mass is 404 g/mol. The number of imidazole rings is 1. The highest BCUT2D eigenvalue weighted by molar-refractivity contribution is 5.60. The summed E-state index contributed by atoms with van der Waals surface area (Å²) in [6.45, 7) is 4.59. The van der Waals surface area contributed by atoms with E-state index in [0.717, 1.165) is 25.3 Å². The molecule has 7 nitrogen and oxygen atoms in total. The molecule has 30 heavy (non-hydrogen) atoms. The molecule has 8 heteroatoms. The van der Waals surface area contributed by atoms with Crippen LogP contribution >= 0.6 is 0 Å². The molecule has 1 N–H and O–H groups in total. The van der Waals surface area contributed by atoms with Gasteiger partial charge in [0.25, 0.3) is 5.56 Å². The topological polar surface area (TPSA) is 79.2 Å². The number of fused-ring (bicyclic) bond motifs is 1. The highest BCUT2D eigenvalue weighted by Crippen LogP contribution is 2.31. The number of benzene rings is 1. The van der Waals surface area contributed by atoms with Crippen LogP contribution in [0.1, 0.15) is 24.4 Å². The SMILES string of the molecule is CC1CN(Cc2ccccn2)CC1c1nn2c(-c3cccc(F)c3)ncc2c(=O)[nH]1. The van der Waals surface area contributed by atoms with Crippen molar-refractivity contribution in [1.82, 2.24) is 29.5 Å². The lowest BCUT2D eigenvalue weighted by Crippen LogP contribution is -2.23. The number of rotatable bonds is 4. The summed E-state index contributed by atoms with van der Waals surface area (Å²) in [6, 6.07) is 12.1. The van der Waals surface area contributed by atoms with Crippen molar-refractivity contribution in [3.63, 3.8) is 0 Å². The molecular formula is C22H21FN6O. The van der Waals surface area contributed by atoms with Crippen molar-refractivity contribution >= 4 is 5.52 Å². The number of aromatic amines is 1. The van der Waals surface area contributed by atoms with Gasteiger partial charge in [0.2, 0.25) is 0 Å². The average Bonchev–Trinajstić information content (AvgIpc) is 3.32. The maximum absolute atomic E-state index is 13.7. The number of nitrogens with zero attached hydrogens (tertiary/aromatic N) is 5. The van der Waals surface area contributed by atoms with Gasteiger partial charge >= 0.3 is 0 Å². The molecule has 2 atom stereocenters. The van der Waals surface area contributed by atoms with Crippen molar-refractivity contribution in [3.8, 4) is 11.4 Å². The Bertz CT molecular complexity index is 1250. The standard InChI is InChI=1S/C22H21FN6O/c1-14-11-28(12-17-7-2-3-8-24-17)13-18(14)20-26-22(30)19-10-25-21(29(19)27-20)15-5-4-6-16(23)9-15/h2-10,14,18H,11-13H2,1H3,(H,26,27,30). The second-order valence-corrected chi connectivity index (χ2v) is 7.83. The molecule has 1 fully saturated rings. The van der Waals surface area contributed by atoms with Crippen molar-refractivity contribution in [2.24, 2.45) is 5.92 Å². The van der Waals surface area contributed by atoms with Gasteiger partial charge in [-0.3, -0.25) is 14.7 Å². The third-order valence-corrected chi connectivity index (χ3v) is 5.65. The van der Waals surface area contributed by atoms with Crippen LogP contribution in [0.3, 0.4) is 0 Å². The van der Waals surface area contributed by atoms with Crippen LogP contribution in [0, 0.1) is 11.7 Å². The fourth-order valence-corrected chi connectivity index (χ4v) is 4.18. The molecule has 5 rings (SSSR count). The van der Waals surface area contributed by atoms with Crippen molar-refractivity contribution in [2.75, 3.05) is 13.1 Å². The summed E-state index contributed by atoms with van der Waals surface area (Å²) in [5, 5.41) is 4.71. The van der Waals surface area contributed by atoms with Gasteiger partial charge in [-0.15, -0.1) is 0 Å². The first-order valence-corrected chi connectivity index (χ1v) is 9.94. The van der Waals surface area contributed by atoms with Crippen LogP contribution in [0.2, 0.25) is 0 Å². The average molecular weight is 404 g/mol. The summed E-state index contributed by atoms with van der Waals surface area (Å²) in [5.74, 6) is 1.11. The molecule has 0 aliphatic carbocycles. The van der Waals surface area contributed by atoms with E-state index in [1.165, 1.54) is 22.8 Å². The Morgan fingerprint density at radius 1 is 1.17 bits per heavy atom. The van der Waals surface area contributed by atoms with Gasteiger partial charge < -0.3 is 4.98 Å². The molecule has 2 unspecified atom stereocenters. The van der Waals surface area contributed by atoms with E-state index in [1.807, 2.05) is 18.2 Å². The largest absolute Gasteiger partial charge is 0.307 e. The summed E-state index contributed by atoms with van der Waals surface area (Å²) in [6.07, 6.45) is 3.27. The first kappa shape index (κ1) is 18.6. The molecule has 1 saturated heterocycles. The van der Waals surface area contributed by atoms with Crippen molar-refractivity contribution in [2.45, 2.75) is 19.4 Å². The molecule has 4 heterocycles. The number of H-pyrrole nitrogens is 1. The van der Waals surface area contributed by atoms with Crippen LogP contribution in [0.15, 0.2) is 59.7 Å². The minimum atomic E-state index is -0.358. The summed E-state index contributed by atoms with van der Waals surface area (Å²) in [7, 11) is 0. The highest BCUT2D eigenvalue weighted by Gasteiger charge is 2.33. The molecule has 152 valence electrons. The summed E-state index contributed by atoms with van der Waals surface area (Å²) < 4.78 is 15.2. The minimum Gasteiger partial charge on any atom is -0.307 e. The van der Waals surface area contributed by atoms with E-state index in [9.17, 15) is 9.18 Å². The van der Waals surface area contributed by atoms with Crippen LogP contribution < -0.4 is 5.56 Å². The lowest BCUT2D eigenvalue weighted by Gasteiger charge is -2.15. The molecule has 0 bridgehead atoms. The molecule has 1 aromatic carbocycles. The Kier molecular flexibility index (Phi) is 4.63. The minimum absolute atomic E-state index is 0.0774. The first-order chi connectivity index (χ1) is 14.6. The number of pyridine rings is 1. The zero-order valence-electron chi connectivity index (χ0n) is 16.5. The second kappa shape index (κ2) is 7.46. The van der Waals surface area contributed by atoms with E-state index in [4.69, 9.17) is 5.10 Å². The van der Waals surface area contributed by atoms with Gasteiger partial charge in [0.05, 0.1) is 11.9 Å². The Hall–Kier alpha value is -3.39. The highest BCUT2D eigenvalue weighted by atomic mass is 19.1. The van der Waals surface area contributed by atoms with E-state index in [1.54, 1.807) is 18.3 Å². The molecule has 1 aliphatic rings. The van der Waals surface area contributed by atoms with Gasteiger partial charge in [-0.25, -0.2) is 13.9 Å². The zero-order chi connectivity index (χ0) is 20.7. The molecule has 3 aromatic heterocycles. The van der Waals surface area contributed by atoms with Crippen molar-refractivity contribution < 1.29 is 4.39 Å². The molecular weight excluding hydrogens is 383 g/mol. The molecule has 0 spiro atoms. The predicted octanol–water partition coefficient (Wildman–Crippen LogP) is 2.85.